The zero-order valence-corrected chi connectivity index (χ0v) is 16.0. The molecule has 0 fully saturated rings. The van der Waals surface area contributed by atoms with Gasteiger partial charge in [0, 0.05) is 13.1 Å². The van der Waals surface area contributed by atoms with Gasteiger partial charge in [0.05, 0.1) is 11.4 Å². The number of aliphatic imine (C=N–C) groups is 1. The molecule has 0 saturated heterocycles. The summed E-state index contributed by atoms with van der Waals surface area (Å²) in [6.45, 7) is 6.00. The van der Waals surface area contributed by atoms with Crippen LogP contribution in [0, 0.1) is 0 Å². The fourth-order valence-electron chi connectivity index (χ4n) is 2.48. The average molecular weight is 375 g/mol. The third-order valence-electron chi connectivity index (χ3n) is 3.94. The molecule has 2 rings (SSSR count). The van der Waals surface area contributed by atoms with Crippen LogP contribution in [-0.2, 0) is 16.6 Å². The lowest BCUT2D eigenvalue weighted by atomic mass is 10.0. The van der Waals surface area contributed by atoms with Crippen molar-refractivity contribution in [2.45, 2.75) is 31.2 Å². The van der Waals surface area contributed by atoms with Gasteiger partial charge >= 0.3 is 0 Å². The second-order valence-corrected chi connectivity index (χ2v) is 7.64. The van der Waals surface area contributed by atoms with Gasteiger partial charge in [0.1, 0.15) is 0 Å². The first-order chi connectivity index (χ1) is 12.4. The van der Waals surface area contributed by atoms with Crippen LogP contribution in [0.4, 0.5) is 0 Å². The second-order valence-electron chi connectivity index (χ2n) is 6.08. The Kier molecular flexibility index (Phi) is 7.17. The van der Waals surface area contributed by atoms with Gasteiger partial charge in [-0.05, 0) is 36.1 Å². The molecule has 0 saturated carbocycles. The number of sulfonamides is 1. The molecule has 4 N–H and O–H groups in total. The summed E-state index contributed by atoms with van der Waals surface area (Å²) in [7, 11) is -3.71. The highest BCUT2D eigenvalue weighted by Crippen LogP contribution is 2.13. The van der Waals surface area contributed by atoms with Gasteiger partial charge < -0.3 is 10.6 Å². The molecule has 0 spiro atoms. The molecular weight excluding hydrogens is 348 g/mol. The van der Waals surface area contributed by atoms with E-state index in [1.165, 1.54) is 11.6 Å². The summed E-state index contributed by atoms with van der Waals surface area (Å²) in [5.74, 6) is 1.03. The minimum absolute atomic E-state index is 0.0980. The van der Waals surface area contributed by atoms with Gasteiger partial charge in [0.2, 0.25) is 10.0 Å². The number of benzene rings is 2. The van der Waals surface area contributed by atoms with Crippen molar-refractivity contribution in [2.24, 2.45) is 10.1 Å². The van der Waals surface area contributed by atoms with E-state index in [0.717, 1.165) is 18.7 Å². The van der Waals surface area contributed by atoms with Crippen molar-refractivity contribution in [3.63, 3.8) is 0 Å². The van der Waals surface area contributed by atoms with Crippen LogP contribution < -0.4 is 15.8 Å². The normalized spacial score (nSPS) is 13.3. The molecule has 0 aliphatic carbocycles. The summed E-state index contributed by atoms with van der Waals surface area (Å²) in [6.07, 6.45) is 0. The number of nitrogens with two attached hydrogens (primary N) is 1. The van der Waals surface area contributed by atoms with Crippen molar-refractivity contribution in [3.05, 3.63) is 65.7 Å². The first-order valence-electron chi connectivity index (χ1n) is 8.59. The van der Waals surface area contributed by atoms with Crippen LogP contribution in [0.25, 0.3) is 0 Å². The number of hydrogen-bond acceptors (Lipinski definition) is 3. The van der Waals surface area contributed by atoms with Gasteiger partial charge in [-0.3, -0.25) is 0 Å². The highest BCUT2D eigenvalue weighted by atomic mass is 32.2. The minimum Gasteiger partial charge on any atom is -0.357 e. The third kappa shape index (κ3) is 6.16. The molecule has 2 aromatic rings. The molecule has 26 heavy (non-hydrogen) atoms. The molecule has 140 valence electrons. The standard InChI is InChI=1S/C19H26N4O2S/c1-3-21-19(22-13-15(2)17-9-5-4-6-10-17)23-14-16-8-7-11-18(12-16)26(20,24)25/h4-12,15H,3,13-14H2,1-2H3,(H2,20,24,25)(H2,21,22,23). The maximum absolute atomic E-state index is 11.5. The van der Waals surface area contributed by atoms with E-state index in [1.54, 1.807) is 12.1 Å². The topological polar surface area (TPSA) is 96.6 Å². The highest BCUT2D eigenvalue weighted by Gasteiger charge is 2.08. The first-order valence-corrected chi connectivity index (χ1v) is 10.1. The molecule has 0 aliphatic rings. The number of guanidine groups is 1. The van der Waals surface area contributed by atoms with E-state index in [1.807, 2.05) is 31.2 Å². The van der Waals surface area contributed by atoms with Gasteiger partial charge in [-0.2, -0.15) is 0 Å². The van der Waals surface area contributed by atoms with Crippen LogP contribution >= 0.6 is 0 Å². The molecule has 6 nitrogen and oxygen atoms in total. The zero-order valence-electron chi connectivity index (χ0n) is 15.1. The van der Waals surface area contributed by atoms with Crippen molar-refractivity contribution in [3.8, 4) is 0 Å². The Balaban J connectivity index is 2.02. The fourth-order valence-corrected chi connectivity index (χ4v) is 3.07. The largest absolute Gasteiger partial charge is 0.357 e. The molecule has 0 aromatic heterocycles. The lowest BCUT2D eigenvalue weighted by Gasteiger charge is -2.16. The average Bonchev–Trinajstić information content (AvgIpc) is 2.64. The Labute approximate surface area is 155 Å². The molecule has 0 aliphatic heterocycles. The highest BCUT2D eigenvalue weighted by molar-refractivity contribution is 7.89. The number of nitrogens with zero attached hydrogens (tertiary/aromatic N) is 1. The Hall–Kier alpha value is -2.38. The van der Waals surface area contributed by atoms with Gasteiger partial charge in [0.15, 0.2) is 5.96 Å². The number of hydrogen-bond donors (Lipinski definition) is 3. The van der Waals surface area contributed by atoms with Crippen LogP contribution in [0.3, 0.4) is 0 Å². The molecule has 1 unspecified atom stereocenters. The maximum atomic E-state index is 11.5. The van der Waals surface area contributed by atoms with Crippen molar-refractivity contribution in [1.82, 2.24) is 10.6 Å². The summed E-state index contributed by atoms with van der Waals surface area (Å²) < 4.78 is 22.9. The van der Waals surface area contributed by atoms with Crippen molar-refractivity contribution in [2.75, 3.05) is 13.1 Å². The van der Waals surface area contributed by atoms with Crippen molar-refractivity contribution >= 4 is 16.0 Å². The van der Waals surface area contributed by atoms with E-state index in [0.29, 0.717) is 18.4 Å². The molecular formula is C19H26N4O2S. The summed E-state index contributed by atoms with van der Waals surface area (Å²) in [4.78, 5) is 4.63. The molecule has 2 aromatic carbocycles. The Morgan fingerprint density at radius 2 is 1.85 bits per heavy atom. The smallest absolute Gasteiger partial charge is 0.238 e. The van der Waals surface area contributed by atoms with Crippen LogP contribution in [0.1, 0.15) is 30.9 Å². The van der Waals surface area contributed by atoms with Gasteiger partial charge in [-0.1, -0.05) is 49.4 Å². The van der Waals surface area contributed by atoms with Crippen molar-refractivity contribution in [1.29, 1.82) is 0 Å². The van der Waals surface area contributed by atoms with E-state index in [2.05, 4.69) is 34.7 Å². The van der Waals surface area contributed by atoms with E-state index in [-0.39, 0.29) is 4.90 Å². The molecule has 7 heteroatoms. The molecule has 0 heterocycles. The fraction of sp³-hybridized carbons (Fsp3) is 0.316. The van der Waals surface area contributed by atoms with Crippen LogP contribution in [0.15, 0.2) is 64.5 Å². The summed E-state index contributed by atoms with van der Waals surface area (Å²) in [6, 6.07) is 16.8. The van der Waals surface area contributed by atoms with Crippen molar-refractivity contribution < 1.29 is 8.42 Å². The Morgan fingerprint density at radius 1 is 1.12 bits per heavy atom. The molecule has 0 bridgehead atoms. The second kappa shape index (κ2) is 9.35. The SMILES string of the molecule is CCNC(=NCc1cccc(S(N)(=O)=O)c1)NCC(C)c1ccccc1. The summed E-state index contributed by atoms with van der Waals surface area (Å²) >= 11 is 0. The summed E-state index contributed by atoms with van der Waals surface area (Å²) in [5.41, 5.74) is 2.04. The number of primary sulfonamides is 1. The van der Waals surface area contributed by atoms with Gasteiger partial charge in [0.25, 0.3) is 0 Å². The third-order valence-corrected chi connectivity index (χ3v) is 4.85. The lowest BCUT2D eigenvalue weighted by molar-refractivity contribution is 0.597. The predicted molar refractivity (Wildman–Crippen MR) is 105 cm³/mol. The van der Waals surface area contributed by atoms with E-state index >= 15 is 0 Å². The minimum atomic E-state index is -3.71. The molecule has 1 atom stereocenters. The van der Waals surface area contributed by atoms with E-state index < -0.39 is 10.0 Å². The summed E-state index contributed by atoms with van der Waals surface area (Å²) in [5, 5.41) is 11.7. The first kappa shape index (κ1) is 19.9. The Morgan fingerprint density at radius 3 is 2.50 bits per heavy atom. The van der Waals surface area contributed by atoms with Crippen LogP contribution in [0.2, 0.25) is 0 Å². The number of nitrogens with one attached hydrogen (secondary N) is 2. The van der Waals surface area contributed by atoms with Crippen LogP contribution in [0.5, 0.6) is 0 Å². The van der Waals surface area contributed by atoms with Gasteiger partial charge in [-0.25, -0.2) is 18.5 Å². The molecule has 0 amide bonds. The maximum Gasteiger partial charge on any atom is 0.238 e. The monoisotopic (exact) mass is 374 g/mol. The van der Waals surface area contributed by atoms with E-state index in [4.69, 9.17) is 5.14 Å². The quantitative estimate of drug-likeness (QED) is 0.511. The van der Waals surface area contributed by atoms with Gasteiger partial charge in [-0.15, -0.1) is 0 Å². The lowest BCUT2D eigenvalue weighted by Crippen LogP contribution is -2.39. The van der Waals surface area contributed by atoms with E-state index in [9.17, 15) is 8.42 Å². The number of rotatable bonds is 7. The zero-order chi connectivity index (χ0) is 19.0. The Bertz CT molecular complexity index is 836. The molecule has 0 radical (unpaired) electrons. The van der Waals surface area contributed by atoms with Crippen LogP contribution in [-0.4, -0.2) is 27.5 Å². The predicted octanol–water partition coefficient (Wildman–Crippen LogP) is 2.19.